The van der Waals surface area contributed by atoms with Crippen molar-refractivity contribution in [1.82, 2.24) is 0 Å². The Kier molecular flexibility index (Phi) is 4.70. The second-order valence-electron chi connectivity index (χ2n) is 4.02. The second-order valence-corrected chi connectivity index (χ2v) is 5.27. The molecule has 20 heavy (non-hydrogen) atoms. The fourth-order valence-electron chi connectivity index (χ4n) is 1.63. The largest absolute Gasteiger partial charge is 0.375 e. The van der Waals surface area contributed by atoms with Gasteiger partial charge in [0.05, 0.1) is 15.0 Å². The molecule has 0 saturated heterocycles. The van der Waals surface area contributed by atoms with Gasteiger partial charge in [-0.3, -0.25) is 10.1 Å². The number of nitro benzene ring substituents is 1. The molecule has 4 nitrogen and oxygen atoms in total. The molecule has 0 amide bonds. The predicted molar refractivity (Wildman–Crippen MR) is 81.9 cm³/mol. The summed E-state index contributed by atoms with van der Waals surface area (Å²) in [4.78, 5) is 10.5. The summed E-state index contributed by atoms with van der Waals surface area (Å²) < 4.78 is 0. The Labute approximate surface area is 130 Å². The molecule has 104 valence electrons. The predicted octanol–water partition coefficient (Wildman–Crippen LogP) is 5.17. The zero-order valence-corrected chi connectivity index (χ0v) is 12.3. The lowest BCUT2D eigenvalue weighted by molar-refractivity contribution is -0.383. The van der Waals surface area contributed by atoms with Crippen molar-refractivity contribution >= 4 is 46.2 Å². The second kappa shape index (κ2) is 6.31. The first kappa shape index (κ1) is 14.9. The van der Waals surface area contributed by atoms with Crippen molar-refractivity contribution in [1.29, 1.82) is 0 Å². The first-order valence-corrected chi connectivity index (χ1v) is 6.72. The molecule has 0 aliphatic carbocycles. The monoisotopic (exact) mass is 330 g/mol. The zero-order chi connectivity index (χ0) is 14.7. The van der Waals surface area contributed by atoms with Crippen LogP contribution in [0.15, 0.2) is 36.4 Å². The highest BCUT2D eigenvalue weighted by Gasteiger charge is 2.16. The van der Waals surface area contributed by atoms with E-state index >= 15 is 0 Å². The first-order valence-electron chi connectivity index (χ1n) is 5.59. The maximum absolute atomic E-state index is 11.0. The fourth-order valence-corrected chi connectivity index (χ4v) is 2.08. The summed E-state index contributed by atoms with van der Waals surface area (Å²) in [6.07, 6.45) is 0. The number of hydrogen-bond donors (Lipinski definition) is 1. The van der Waals surface area contributed by atoms with E-state index in [1.165, 1.54) is 12.1 Å². The average molecular weight is 332 g/mol. The van der Waals surface area contributed by atoms with E-state index in [2.05, 4.69) is 5.32 Å². The molecular formula is C13H9Cl3N2O2. The van der Waals surface area contributed by atoms with Crippen LogP contribution in [-0.2, 0) is 6.54 Å². The minimum absolute atomic E-state index is 0.117. The minimum Gasteiger partial charge on any atom is -0.375 e. The Morgan fingerprint density at radius 2 is 1.65 bits per heavy atom. The molecule has 0 saturated carbocycles. The van der Waals surface area contributed by atoms with Gasteiger partial charge in [-0.2, -0.15) is 0 Å². The van der Waals surface area contributed by atoms with Crippen molar-refractivity contribution in [3.8, 4) is 0 Å². The lowest BCUT2D eigenvalue weighted by atomic mass is 10.2. The Morgan fingerprint density at radius 3 is 2.25 bits per heavy atom. The highest BCUT2D eigenvalue weighted by atomic mass is 35.5. The third kappa shape index (κ3) is 3.54. The molecule has 0 aromatic heterocycles. The van der Waals surface area contributed by atoms with Gasteiger partial charge in [0.1, 0.15) is 5.69 Å². The number of nitrogens with zero attached hydrogens (tertiary/aromatic N) is 1. The first-order chi connectivity index (χ1) is 9.47. The summed E-state index contributed by atoms with van der Waals surface area (Å²) in [5.41, 5.74) is 1.14. The van der Waals surface area contributed by atoms with Crippen LogP contribution in [0.2, 0.25) is 15.1 Å². The van der Waals surface area contributed by atoms with Crippen molar-refractivity contribution in [2.75, 3.05) is 5.32 Å². The van der Waals surface area contributed by atoms with Gasteiger partial charge in [-0.05, 0) is 23.8 Å². The third-order valence-corrected chi connectivity index (χ3v) is 3.61. The van der Waals surface area contributed by atoms with Crippen LogP contribution >= 0.6 is 34.8 Å². The van der Waals surface area contributed by atoms with Gasteiger partial charge in [-0.1, -0.05) is 46.9 Å². The number of nitro groups is 1. The van der Waals surface area contributed by atoms with E-state index in [1.54, 1.807) is 12.1 Å². The molecule has 0 aliphatic heterocycles. The van der Waals surface area contributed by atoms with Gasteiger partial charge in [-0.25, -0.2) is 0 Å². The van der Waals surface area contributed by atoms with Gasteiger partial charge < -0.3 is 5.32 Å². The lowest BCUT2D eigenvalue weighted by Gasteiger charge is -2.08. The van der Waals surface area contributed by atoms with Gasteiger partial charge in [0.2, 0.25) is 0 Å². The standard InChI is InChI=1S/C13H9Cl3N2O2/c14-9-3-1-8(2-4-9)7-17-12-5-10(15)11(16)6-13(12)18(19)20/h1-6,17H,7H2. The summed E-state index contributed by atoms with van der Waals surface area (Å²) >= 11 is 17.5. The molecule has 0 heterocycles. The highest BCUT2D eigenvalue weighted by Crippen LogP contribution is 2.34. The van der Waals surface area contributed by atoms with Crippen molar-refractivity contribution in [3.05, 3.63) is 67.1 Å². The zero-order valence-electron chi connectivity index (χ0n) is 10.1. The minimum atomic E-state index is -0.508. The van der Waals surface area contributed by atoms with Crippen LogP contribution < -0.4 is 5.32 Å². The Hall–Kier alpha value is -1.49. The summed E-state index contributed by atoms with van der Waals surface area (Å²) in [6.45, 7) is 0.413. The van der Waals surface area contributed by atoms with E-state index in [0.717, 1.165) is 5.56 Å². The molecule has 0 aliphatic rings. The number of halogens is 3. The number of hydrogen-bond acceptors (Lipinski definition) is 3. The van der Waals surface area contributed by atoms with Crippen molar-refractivity contribution in [2.45, 2.75) is 6.54 Å². The van der Waals surface area contributed by atoms with E-state index in [1.807, 2.05) is 12.1 Å². The van der Waals surface area contributed by atoms with Crippen LogP contribution in [-0.4, -0.2) is 4.92 Å². The van der Waals surface area contributed by atoms with Crippen LogP contribution in [0.5, 0.6) is 0 Å². The molecule has 0 radical (unpaired) electrons. The van der Waals surface area contributed by atoms with Crippen molar-refractivity contribution in [3.63, 3.8) is 0 Å². The Balaban J connectivity index is 2.22. The normalized spacial score (nSPS) is 10.3. The van der Waals surface area contributed by atoms with Gasteiger partial charge in [0.15, 0.2) is 0 Å². The summed E-state index contributed by atoms with van der Waals surface area (Å²) in [6, 6.07) is 9.84. The van der Waals surface area contributed by atoms with E-state index in [0.29, 0.717) is 17.3 Å². The number of nitrogens with one attached hydrogen (secondary N) is 1. The van der Waals surface area contributed by atoms with Gasteiger partial charge in [0, 0.05) is 17.6 Å². The highest BCUT2D eigenvalue weighted by molar-refractivity contribution is 6.42. The van der Waals surface area contributed by atoms with Crippen LogP contribution in [0, 0.1) is 10.1 Å². The molecule has 1 N–H and O–H groups in total. The Bertz CT molecular complexity index is 645. The number of rotatable bonds is 4. The average Bonchev–Trinajstić information content (AvgIpc) is 2.41. The van der Waals surface area contributed by atoms with Crippen LogP contribution in [0.4, 0.5) is 11.4 Å². The Morgan fingerprint density at radius 1 is 1.05 bits per heavy atom. The van der Waals surface area contributed by atoms with E-state index in [9.17, 15) is 10.1 Å². The van der Waals surface area contributed by atoms with Gasteiger partial charge in [0.25, 0.3) is 5.69 Å². The molecule has 0 atom stereocenters. The van der Waals surface area contributed by atoms with E-state index in [-0.39, 0.29) is 15.7 Å². The lowest BCUT2D eigenvalue weighted by Crippen LogP contribution is -2.02. The molecule has 0 bridgehead atoms. The molecule has 0 spiro atoms. The molecule has 2 rings (SSSR count). The molecule has 0 unspecified atom stereocenters. The summed E-state index contributed by atoms with van der Waals surface area (Å²) in [7, 11) is 0. The SMILES string of the molecule is O=[N+]([O-])c1cc(Cl)c(Cl)cc1NCc1ccc(Cl)cc1. The number of anilines is 1. The van der Waals surface area contributed by atoms with Crippen LogP contribution in [0.3, 0.4) is 0 Å². The third-order valence-electron chi connectivity index (χ3n) is 2.63. The molecular weight excluding hydrogens is 323 g/mol. The molecule has 7 heteroatoms. The fraction of sp³-hybridized carbons (Fsp3) is 0.0769. The van der Waals surface area contributed by atoms with Crippen LogP contribution in [0.1, 0.15) is 5.56 Å². The van der Waals surface area contributed by atoms with E-state index in [4.69, 9.17) is 34.8 Å². The maximum atomic E-state index is 11.0. The van der Waals surface area contributed by atoms with Gasteiger partial charge >= 0.3 is 0 Å². The number of benzene rings is 2. The quantitative estimate of drug-likeness (QED) is 0.621. The molecule has 0 fully saturated rings. The maximum Gasteiger partial charge on any atom is 0.293 e. The van der Waals surface area contributed by atoms with Crippen molar-refractivity contribution in [2.24, 2.45) is 0 Å². The van der Waals surface area contributed by atoms with Crippen LogP contribution in [0.25, 0.3) is 0 Å². The summed E-state index contributed by atoms with van der Waals surface area (Å²) in [5.74, 6) is 0. The van der Waals surface area contributed by atoms with Gasteiger partial charge in [-0.15, -0.1) is 0 Å². The molecule has 2 aromatic rings. The van der Waals surface area contributed by atoms with E-state index < -0.39 is 4.92 Å². The smallest absolute Gasteiger partial charge is 0.293 e. The molecule has 2 aromatic carbocycles. The van der Waals surface area contributed by atoms with Crippen molar-refractivity contribution < 1.29 is 4.92 Å². The summed E-state index contributed by atoms with van der Waals surface area (Å²) in [5, 5.41) is 15.0. The topological polar surface area (TPSA) is 55.2 Å².